The molecule has 0 saturated carbocycles. The molecule has 0 atom stereocenters. The van der Waals surface area contributed by atoms with Crippen molar-refractivity contribution < 1.29 is 31.4 Å². The van der Waals surface area contributed by atoms with Crippen molar-refractivity contribution >= 4 is 17.6 Å². The maximum atomic E-state index is 11.5. The maximum absolute atomic E-state index is 11.5. The molecule has 0 aromatic heterocycles. The number of hydrogen-bond acceptors (Lipinski definition) is 6. The Morgan fingerprint density at radius 2 is 1.35 bits per heavy atom. The van der Waals surface area contributed by atoms with E-state index in [9.17, 15) is 14.4 Å². The Bertz CT molecular complexity index is 374. The second kappa shape index (κ2) is 21.5. The van der Waals surface area contributed by atoms with Gasteiger partial charge >= 0.3 is 0 Å². The van der Waals surface area contributed by atoms with E-state index >= 15 is 0 Å². The lowest BCUT2D eigenvalue weighted by Crippen LogP contribution is -2.33. The highest BCUT2D eigenvalue weighted by atomic mass is 16.5. The van der Waals surface area contributed by atoms with Crippen LogP contribution in [-0.2, 0) is 28.6 Å². The number of carbonyl (C=O) groups excluding carboxylic acids is 3. The van der Waals surface area contributed by atoms with E-state index in [1.54, 1.807) is 0 Å². The Morgan fingerprint density at radius 1 is 0.769 bits per heavy atom. The van der Waals surface area contributed by atoms with Gasteiger partial charge in [-0.25, -0.2) is 0 Å². The zero-order chi connectivity index (χ0) is 20.0. The summed E-state index contributed by atoms with van der Waals surface area (Å²) in [4.78, 5) is 33.8. The van der Waals surface area contributed by atoms with Gasteiger partial charge in [-0.1, -0.05) is 20.8 Å². The molecule has 2 amide bonds. The van der Waals surface area contributed by atoms with Crippen LogP contribution in [0.4, 0.5) is 0 Å². The zero-order valence-electron chi connectivity index (χ0n) is 16.7. The largest absolute Gasteiger partial charge is 0.381 e. The van der Waals surface area contributed by atoms with Gasteiger partial charge in [0.15, 0.2) is 0 Å². The maximum Gasteiger partial charge on any atom is 0.246 e. The number of carbonyl (C=O) groups is 3. The van der Waals surface area contributed by atoms with Crippen molar-refractivity contribution in [3.05, 3.63) is 0 Å². The fourth-order valence-electron chi connectivity index (χ4n) is 1.60. The molecule has 0 bridgehead atoms. The number of ether oxygens (including phenoxy) is 3. The summed E-state index contributed by atoms with van der Waals surface area (Å²) < 4.78 is 15.5. The summed E-state index contributed by atoms with van der Waals surface area (Å²) in [6, 6.07) is 0. The molecule has 0 aliphatic heterocycles. The lowest BCUT2D eigenvalue weighted by Gasteiger charge is -2.08. The van der Waals surface area contributed by atoms with Gasteiger partial charge in [-0.15, -0.1) is 0 Å². The van der Waals surface area contributed by atoms with Crippen LogP contribution in [0.25, 0.3) is 0 Å². The third-order valence-corrected chi connectivity index (χ3v) is 2.97. The molecule has 8 nitrogen and oxygen atoms in total. The number of nitrogens with one attached hydrogen (secondary N) is 2. The Morgan fingerprint density at radius 3 is 1.96 bits per heavy atom. The minimum Gasteiger partial charge on any atom is -0.381 e. The van der Waals surface area contributed by atoms with Gasteiger partial charge < -0.3 is 24.8 Å². The van der Waals surface area contributed by atoms with Crippen LogP contribution in [0.15, 0.2) is 0 Å². The van der Waals surface area contributed by atoms with Gasteiger partial charge in [-0.3, -0.25) is 14.4 Å². The van der Waals surface area contributed by atoms with E-state index in [1.807, 2.05) is 27.7 Å². The van der Waals surface area contributed by atoms with E-state index in [1.165, 1.54) is 0 Å². The summed E-state index contributed by atoms with van der Waals surface area (Å²) in [5, 5.41) is 5.31. The molecule has 0 fully saturated rings. The summed E-state index contributed by atoms with van der Waals surface area (Å²) in [5.74, 6) is -0.182. The lowest BCUT2D eigenvalue weighted by atomic mass is 10.2. The minimum atomic E-state index is -0.245. The molecule has 0 radical (unpaired) electrons. The molecule has 26 heavy (non-hydrogen) atoms. The van der Waals surface area contributed by atoms with Crippen LogP contribution in [0.1, 0.15) is 49.8 Å². The van der Waals surface area contributed by atoms with Crippen molar-refractivity contribution in [2.45, 2.75) is 47.0 Å². The molecule has 0 spiro atoms. The highest BCUT2D eigenvalue weighted by Crippen LogP contribution is 1.89. The van der Waals surface area contributed by atoms with Gasteiger partial charge in [0.2, 0.25) is 11.8 Å². The van der Waals surface area contributed by atoms with Crippen molar-refractivity contribution in [1.29, 1.82) is 0 Å². The first-order valence-electron chi connectivity index (χ1n) is 9.38. The minimum absolute atomic E-state index is 0. The summed E-state index contributed by atoms with van der Waals surface area (Å²) in [6.07, 6.45) is 1.24. The molecule has 2 N–H and O–H groups in total. The van der Waals surface area contributed by atoms with Crippen LogP contribution in [0.3, 0.4) is 0 Å². The quantitative estimate of drug-likeness (QED) is 0.394. The van der Waals surface area contributed by atoms with E-state index in [0.29, 0.717) is 58.8 Å². The second-order valence-electron chi connectivity index (χ2n) is 4.95. The molecular weight excluding hydrogens is 340 g/mol. The van der Waals surface area contributed by atoms with Crippen molar-refractivity contribution in [3.63, 3.8) is 0 Å². The van der Waals surface area contributed by atoms with Gasteiger partial charge in [0.1, 0.15) is 12.4 Å². The molecule has 0 heterocycles. The van der Waals surface area contributed by atoms with Crippen LogP contribution >= 0.6 is 0 Å². The summed E-state index contributed by atoms with van der Waals surface area (Å²) >= 11 is 0. The van der Waals surface area contributed by atoms with Gasteiger partial charge in [0, 0.05) is 41.8 Å². The lowest BCUT2D eigenvalue weighted by molar-refractivity contribution is -0.126. The number of ketones is 1. The van der Waals surface area contributed by atoms with Gasteiger partial charge in [0.05, 0.1) is 26.4 Å². The molecule has 0 aliphatic rings. The number of hydrogen-bond donors (Lipinski definition) is 2. The van der Waals surface area contributed by atoms with Gasteiger partial charge in [0.25, 0.3) is 0 Å². The van der Waals surface area contributed by atoms with Crippen LogP contribution in [0, 0.1) is 0 Å². The van der Waals surface area contributed by atoms with Crippen LogP contribution in [-0.4, -0.2) is 70.3 Å². The third kappa shape index (κ3) is 20.5. The van der Waals surface area contributed by atoms with Crippen molar-refractivity contribution in [1.82, 2.24) is 10.6 Å². The fourth-order valence-corrected chi connectivity index (χ4v) is 1.60. The predicted molar refractivity (Wildman–Crippen MR) is 104 cm³/mol. The first kappa shape index (κ1) is 26.7. The molecule has 0 aromatic carbocycles. The van der Waals surface area contributed by atoms with Crippen molar-refractivity contribution in [3.8, 4) is 0 Å². The standard InChI is InChI=1S/C16H30N2O6.C2H6.2H2/c1-3-14(19)5-9-23-11-7-18-16(21)13-24-12-8-17-15(20)6-10-22-4-2;1-2;;/h3-13H2,1-2H3,(H,17,20)(H,18,21);1-2H3;2*1H. The Balaban J connectivity index is -0.000000695. The number of rotatable bonds is 16. The zero-order valence-corrected chi connectivity index (χ0v) is 16.7. The van der Waals surface area contributed by atoms with Crippen molar-refractivity contribution in [2.24, 2.45) is 0 Å². The molecule has 158 valence electrons. The summed E-state index contributed by atoms with van der Waals surface area (Å²) in [5.41, 5.74) is 0. The first-order valence-corrected chi connectivity index (χ1v) is 9.38. The monoisotopic (exact) mass is 380 g/mol. The summed E-state index contributed by atoms with van der Waals surface area (Å²) in [6.45, 7) is 10.3. The highest BCUT2D eigenvalue weighted by molar-refractivity contribution is 5.78. The predicted octanol–water partition coefficient (Wildman–Crippen LogP) is 1.57. The molecule has 0 aromatic rings. The Hall–Kier alpha value is -1.51. The molecule has 0 aliphatic carbocycles. The number of Topliss-reactive ketones (excluding diaryl/α,β-unsaturated/α-hetero) is 1. The van der Waals surface area contributed by atoms with Crippen molar-refractivity contribution in [2.75, 3.05) is 52.7 Å². The van der Waals surface area contributed by atoms with E-state index in [-0.39, 0.29) is 33.7 Å². The first-order chi connectivity index (χ1) is 12.6. The average molecular weight is 381 g/mol. The SMILES string of the molecule is CC.CCOCCC(=O)NCCOCC(=O)NCCOCCC(=O)CC.[HH].[HH]. The average Bonchev–Trinajstić information content (AvgIpc) is 2.65. The van der Waals surface area contributed by atoms with Gasteiger partial charge in [-0.05, 0) is 6.92 Å². The fraction of sp³-hybridized carbons (Fsp3) is 0.833. The van der Waals surface area contributed by atoms with E-state index in [2.05, 4.69) is 10.6 Å². The molecule has 8 heteroatoms. The molecule has 0 saturated heterocycles. The van der Waals surface area contributed by atoms with Crippen LogP contribution < -0.4 is 10.6 Å². The third-order valence-electron chi connectivity index (χ3n) is 2.97. The van der Waals surface area contributed by atoms with E-state index in [0.717, 1.165) is 0 Å². The van der Waals surface area contributed by atoms with E-state index < -0.39 is 0 Å². The van der Waals surface area contributed by atoms with E-state index in [4.69, 9.17) is 14.2 Å². The molecule has 0 unspecified atom stereocenters. The Kier molecular flexibility index (Phi) is 22.1. The topological polar surface area (TPSA) is 103 Å². The highest BCUT2D eigenvalue weighted by Gasteiger charge is 2.03. The molecular formula is C18H40N2O6. The number of amides is 2. The second-order valence-corrected chi connectivity index (χ2v) is 4.95. The van der Waals surface area contributed by atoms with Crippen LogP contribution in [0.2, 0.25) is 0 Å². The Labute approximate surface area is 160 Å². The van der Waals surface area contributed by atoms with Crippen LogP contribution in [0.5, 0.6) is 0 Å². The van der Waals surface area contributed by atoms with Gasteiger partial charge in [-0.2, -0.15) is 0 Å². The normalized spacial score (nSPS) is 9.85. The molecule has 0 rings (SSSR count). The smallest absolute Gasteiger partial charge is 0.246 e. The summed E-state index contributed by atoms with van der Waals surface area (Å²) in [7, 11) is 0.